The van der Waals surface area contributed by atoms with E-state index in [9.17, 15) is 19.2 Å². The maximum Gasteiger partial charge on any atom is 0.242 e. The van der Waals surface area contributed by atoms with Gasteiger partial charge in [-0.15, -0.1) is 0 Å². The van der Waals surface area contributed by atoms with Gasteiger partial charge in [0.25, 0.3) is 0 Å². The molecular formula is C31H41N3O4. The number of hydrogen-bond donors (Lipinski definition) is 2. The Balaban J connectivity index is 1.45. The number of amides is 2. The first-order chi connectivity index (χ1) is 18.5. The molecule has 0 aromatic heterocycles. The smallest absolute Gasteiger partial charge is 0.242 e. The second-order valence-corrected chi connectivity index (χ2v) is 9.91. The average Bonchev–Trinajstić information content (AvgIpc) is 3.35. The molecule has 0 saturated heterocycles. The molecular weight excluding hydrogens is 478 g/mol. The molecule has 1 atom stereocenters. The normalized spacial score (nSPS) is 13.0. The molecule has 2 N–H and O–H groups in total. The third-order valence-corrected chi connectivity index (χ3v) is 7.06. The van der Waals surface area contributed by atoms with Crippen molar-refractivity contribution in [2.75, 3.05) is 24.5 Å². The Morgan fingerprint density at radius 1 is 0.868 bits per heavy atom. The van der Waals surface area contributed by atoms with Crippen LogP contribution in [0.3, 0.4) is 0 Å². The molecule has 3 rings (SSSR count). The summed E-state index contributed by atoms with van der Waals surface area (Å²) >= 11 is 0. The highest BCUT2D eigenvalue weighted by molar-refractivity contribution is 5.96. The maximum absolute atomic E-state index is 13.0. The zero-order valence-corrected chi connectivity index (χ0v) is 22.5. The van der Waals surface area contributed by atoms with Gasteiger partial charge in [0.15, 0.2) is 5.78 Å². The van der Waals surface area contributed by atoms with E-state index in [1.54, 1.807) is 12.1 Å². The highest BCUT2D eigenvalue weighted by Gasteiger charge is 2.22. The lowest BCUT2D eigenvalue weighted by Gasteiger charge is -2.22. The van der Waals surface area contributed by atoms with Crippen LogP contribution in [0.1, 0.15) is 80.6 Å². The lowest BCUT2D eigenvalue weighted by atomic mass is 10.0. The van der Waals surface area contributed by atoms with Crippen molar-refractivity contribution >= 4 is 29.1 Å². The number of fused-ring (bicyclic) bond motifs is 1. The standard InChI is InChI=1S/C31H41N3O4/c1-2-26(35)15-7-4-8-16-27(33-30(37)19-11-18-29(36)25-13-5-3-6-14-25)31(38)32-21-23-34-22-20-24-12-9-10-17-28(24)34/h3,5-6,9-10,12-14,17,27H,2,4,7-8,11,15-16,18-23H2,1H3,(H,32,38)(H,33,37)/t27-/m0/s1. The van der Waals surface area contributed by atoms with Crippen molar-refractivity contribution in [3.05, 3.63) is 65.7 Å². The minimum absolute atomic E-state index is 0.0119. The van der Waals surface area contributed by atoms with Crippen molar-refractivity contribution < 1.29 is 19.2 Å². The minimum atomic E-state index is -0.625. The van der Waals surface area contributed by atoms with Gasteiger partial charge in [-0.25, -0.2) is 0 Å². The zero-order valence-electron chi connectivity index (χ0n) is 22.5. The summed E-state index contributed by atoms with van der Waals surface area (Å²) in [6.45, 7) is 4.01. The van der Waals surface area contributed by atoms with Gasteiger partial charge in [0, 0.05) is 56.6 Å². The van der Waals surface area contributed by atoms with E-state index in [1.165, 1.54) is 11.3 Å². The van der Waals surface area contributed by atoms with Crippen LogP contribution in [0, 0.1) is 0 Å². The fourth-order valence-corrected chi connectivity index (χ4v) is 4.81. The van der Waals surface area contributed by atoms with E-state index in [0.717, 1.165) is 32.2 Å². The number of ketones is 2. The molecule has 2 amide bonds. The summed E-state index contributed by atoms with van der Waals surface area (Å²) in [6.07, 6.45) is 5.94. The molecule has 0 aliphatic carbocycles. The number of anilines is 1. The fraction of sp³-hybridized carbons (Fsp3) is 0.484. The van der Waals surface area contributed by atoms with E-state index < -0.39 is 6.04 Å². The van der Waals surface area contributed by atoms with E-state index >= 15 is 0 Å². The van der Waals surface area contributed by atoms with Gasteiger partial charge in [0.1, 0.15) is 11.8 Å². The Bertz CT molecular complexity index is 1070. The lowest BCUT2D eigenvalue weighted by Crippen LogP contribution is -2.48. The fourth-order valence-electron chi connectivity index (χ4n) is 4.81. The highest BCUT2D eigenvalue weighted by atomic mass is 16.2. The molecule has 0 saturated carbocycles. The first-order valence-electron chi connectivity index (χ1n) is 14.0. The topological polar surface area (TPSA) is 95.6 Å². The maximum atomic E-state index is 13.0. The van der Waals surface area contributed by atoms with Crippen LogP contribution in [0.25, 0.3) is 0 Å². The molecule has 0 bridgehead atoms. The lowest BCUT2D eigenvalue weighted by molar-refractivity contribution is -0.129. The molecule has 7 heteroatoms. The summed E-state index contributed by atoms with van der Waals surface area (Å²) in [6, 6.07) is 16.8. The summed E-state index contributed by atoms with van der Waals surface area (Å²) < 4.78 is 0. The number of carbonyl (C=O) groups excluding carboxylic acids is 4. The molecule has 0 fully saturated rings. The van der Waals surface area contributed by atoms with Crippen LogP contribution >= 0.6 is 0 Å². The van der Waals surface area contributed by atoms with Crippen molar-refractivity contribution in [1.29, 1.82) is 0 Å². The van der Waals surface area contributed by atoms with E-state index in [0.29, 0.717) is 44.3 Å². The number of rotatable bonds is 17. The molecule has 0 unspecified atom stereocenters. The number of unbranched alkanes of at least 4 members (excludes halogenated alkanes) is 2. The largest absolute Gasteiger partial charge is 0.369 e. The molecule has 2 aromatic rings. The van der Waals surface area contributed by atoms with Gasteiger partial charge in [0.2, 0.25) is 11.8 Å². The average molecular weight is 520 g/mol. The molecule has 0 spiro atoms. The zero-order chi connectivity index (χ0) is 27.2. The minimum Gasteiger partial charge on any atom is -0.369 e. The molecule has 7 nitrogen and oxygen atoms in total. The van der Waals surface area contributed by atoms with Crippen molar-refractivity contribution in [3.8, 4) is 0 Å². The summed E-state index contributed by atoms with van der Waals surface area (Å²) in [7, 11) is 0. The monoisotopic (exact) mass is 519 g/mol. The van der Waals surface area contributed by atoms with Crippen LogP contribution in [0.2, 0.25) is 0 Å². The summed E-state index contributed by atoms with van der Waals surface area (Å²) in [5.41, 5.74) is 3.20. The van der Waals surface area contributed by atoms with Crippen LogP contribution in [0.5, 0.6) is 0 Å². The summed E-state index contributed by atoms with van der Waals surface area (Å²) in [4.78, 5) is 51.8. The van der Waals surface area contributed by atoms with Crippen molar-refractivity contribution in [2.24, 2.45) is 0 Å². The molecule has 1 aliphatic rings. The van der Waals surface area contributed by atoms with Gasteiger partial charge >= 0.3 is 0 Å². The molecule has 2 aromatic carbocycles. The number of Topliss-reactive ketones (excluding diaryl/α,β-unsaturated/α-hetero) is 2. The van der Waals surface area contributed by atoms with Gasteiger partial charge in [-0.3, -0.25) is 19.2 Å². The van der Waals surface area contributed by atoms with Crippen molar-refractivity contribution in [2.45, 2.75) is 77.2 Å². The number of nitrogens with zero attached hydrogens (tertiary/aromatic N) is 1. The van der Waals surface area contributed by atoms with Gasteiger partial charge < -0.3 is 15.5 Å². The molecule has 38 heavy (non-hydrogen) atoms. The number of benzene rings is 2. The van der Waals surface area contributed by atoms with Gasteiger partial charge in [0.05, 0.1) is 0 Å². The third kappa shape index (κ3) is 9.43. The first kappa shape index (κ1) is 29.1. The van der Waals surface area contributed by atoms with Crippen molar-refractivity contribution in [1.82, 2.24) is 10.6 Å². The van der Waals surface area contributed by atoms with E-state index in [-0.39, 0.29) is 36.2 Å². The van der Waals surface area contributed by atoms with Gasteiger partial charge in [-0.1, -0.05) is 68.3 Å². The summed E-state index contributed by atoms with van der Waals surface area (Å²) in [5.74, 6) is -0.143. The van der Waals surface area contributed by atoms with E-state index in [4.69, 9.17) is 0 Å². The van der Waals surface area contributed by atoms with Gasteiger partial charge in [-0.2, -0.15) is 0 Å². The SMILES string of the molecule is CCC(=O)CCCCC[C@H](NC(=O)CCCC(=O)c1ccccc1)C(=O)NCCN1CCc2ccccc21. The van der Waals surface area contributed by atoms with Crippen LogP contribution in [-0.4, -0.2) is 49.1 Å². The van der Waals surface area contributed by atoms with Crippen molar-refractivity contribution in [3.63, 3.8) is 0 Å². The second-order valence-electron chi connectivity index (χ2n) is 9.91. The van der Waals surface area contributed by atoms with Crippen LogP contribution in [0.15, 0.2) is 54.6 Å². The Morgan fingerprint density at radius 3 is 2.42 bits per heavy atom. The van der Waals surface area contributed by atoms with Crippen LogP contribution < -0.4 is 15.5 Å². The number of carbonyl (C=O) groups is 4. The van der Waals surface area contributed by atoms with E-state index in [2.05, 4.69) is 27.7 Å². The van der Waals surface area contributed by atoms with Crippen LogP contribution in [-0.2, 0) is 20.8 Å². The first-order valence-corrected chi connectivity index (χ1v) is 14.0. The van der Waals surface area contributed by atoms with E-state index in [1.807, 2.05) is 37.3 Å². The van der Waals surface area contributed by atoms with Gasteiger partial charge in [-0.05, 0) is 37.3 Å². The number of para-hydroxylation sites is 1. The highest BCUT2D eigenvalue weighted by Crippen LogP contribution is 2.26. The molecule has 1 aliphatic heterocycles. The van der Waals surface area contributed by atoms with Crippen LogP contribution in [0.4, 0.5) is 5.69 Å². The Hall–Kier alpha value is -3.48. The number of nitrogens with one attached hydrogen (secondary N) is 2. The molecule has 0 radical (unpaired) electrons. The third-order valence-electron chi connectivity index (χ3n) is 7.06. The molecule has 204 valence electrons. The Kier molecular flexibility index (Phi) is 12.0. The summed E-state index contributed by atoms with van der Waals surface area (Å²) in [5, 5.41) is 5.90. The second kappa shape index (κ2) is 15.7. The quantitative estimate of drug-likeness (QED) is 0.235. The predicted molar refractivity (Wildman–Crippen MR) is 150 cm³/mol. The molecule has 1 heterocycles. The Morgan fingerprint density at radius 2 is 1.63 bits per heavy atom. The predicted octanol–water partition coefficient (Wildman–Crippen LogP) is 4.63. The number of hydrogen-bond acceptors (Lipinski definition) is 5. The Labute approximate surface area is 226 Å².